The molecule has 0 fully saturated rings. The van der Waals surface area contributed by atoms with Crippen LogP contribution in [0.3, 0.4) is 0 Å². The number of ether oxygens (including phenoxy) is 1. The van der Waals surface area contributed by atoms with Crippen molar-refractivity contribution in [3.05, 3.63) is 48.8 Å². The summed E-state index contributed by atoms with van der Waals surface area (Å²) in [5.74, 6) is 0.0731. The van der Waals surface area contributed by atoms with Gasteiger partial charge >= 0.3 is 0 Å². The molecule has 1 aromatic heterocycles. The maximum absolute atomic E-state index is 13.4. The minimum absolute atomic E-state index is 0.369. The molecule has 0 radical (unpaired) electrons. The van der Waals surface area contributed by atoms with Gasteiger partial charge < -0.3 is 4.74 Å². The second-order valence-corrected chi connectivity index (χ2v) is 7.14. The lowest BCUT2D eigenvalue weighted by Gasteiger charge is -2.14. The standard InChI is InChI=1S/C12H8Br2ClFOS/c1-17-10-4-9(16)8(13)3-7(10)12(15)6-2-11(14)18-5-6/h2-5,12H,1H3. The van der Waals surface area contributed by atoms with E-state index in [1.807, 2.05) is 11.4 Å². The van der Waals surface area contributed by atoms with Crippen molar-refractivity contribution < 1.29 is 9.13 Å². The van der Waals surface area contributed by atoms with E-state index in [1.165, 1.54) is 13.2 Å². The van der Waals surface area contributed by atoms with E-state index in [2.05, 4.69) is 31.9 Å². The van der Waals surface area contributed by atoms with Crippen molar-refractivity contribution in [2.45, 2.75) is 5.38 Å². The van der Waals surface area contributed by atoms with Crippen LogP contribution in [-0.4, -0.2) is 7.11 Å². The number of hydrogen-bond donors (Lipinski definition) is 0. The van der Waals surface area contributed by atoms with Gasteiger partial charge in [-0.25, -0.2) is 4.39 Å². The summed E-state index contributed by atoms with van der Waals surface area (Å²) in [7, 11) is 1.50. The van der Waals surface area contributed by atoms with Gasteiger partial charge in [-0.15, -0.1) is 22.9 Å². The SMILES string of the molecule is COc1cc(F)c(Br)cc1C(Cl)c1csc(Br)c1. The quantitative estimate of drug-likeness (QED) is 0.581. The summed E-state index contributed by atoms with van der Waals surface area (Å²) in [6.45, 7) is 0. The van der Waals surface area contributed by atoms with Crippen LogP contribution in [0.5, 0.6) is 5.75 Å². The molecule has 0 aliphatic carbocycles. The Morgan fingerprint density at radius 3 is 2.61 bits per heavy atom. The van der Waals surface area contributed by atoms with E-state index in [9.17, 15) is 4.39 Å². The average Bonchev–Trinajstić information content (AvgIpc) is 2.78. The van der Waals surface area contributed by atoms with Crippen LogP contribution >= 0.6 is 54.8 Å². The molecule has 1 heterocycles. The molecule has 1 atom stereocenters. The third-order valence-electron chi connectivity index (χ3n) is 2.43. The molecule has 0 bridgehead atoms. The Morgan fingerprint density at radius 2 is 2.06 bits per heavy atom. The molecule has 0 aliphatic heterocycles. The lowest BCUT2D eigenvalue weighted by atomic mass is 10.1. The molecule has 0 amide bonds. The lowest BCUT2D eigenvalue weighted by molar-refractivity contribution is 0.406. The second kappa shape index (κ2) is 5.90. The predicted octanol–water partition coefficient (Wildman–Crippen LogP) is 5.75. The monoisotopic (exact) mass is 412 g/mol. The molecule has 1 unspecified atom stereocenters. The number of hydrogen-bond acceptors (Lipinski definition) is 2. The Hall–Kier alpha value is -0.100. The van der Waals surface area contributed by atoms with Gasteiger partial charge in [0, 0.05) is 11.6 Å². The Morgan fingerprint density at radius 1 is 1.33 bits per heavy atom. The van der Waals surface area contributed by atoms with Gasteiger partial charge in [-0.1, -0.05) is 0 Å². The van der Waals surface area contributed by atoms with E-state index >= 15 is 0 Å². The number of benzene rings is 1. The molecule has 18 heavy (non-hydrogen) atoms. The van der Waals surface area contributed by atoms with Crippen molar-refractivity contribution in [2.24, 2.45) is 0 Å². The number of alkyl halides is 1. The highest BCUT2D eigenvalue weighted by Gasteiger charge is 2.19. The molecular formula is C12H8Br2ClFOS. The zero-order valence-electron chi connectivity index (χ0n) is 9.22. The summed E-state index contributed by atoms with van der Waals surface area (Å²) >= 11 is 14.5. The third kappa shape index (κ3) is 2.90. The first-order valence-corrected chi connectivity index (χ1v) is 7.84. The highest BCUT2D eigenvalue weighted by atomic mass is 79.9. The molecule has 96 valence electrons. The van der Waals surface area contributed by atoms with Gasteiger partial charge in [0.15, 0.2) is 0 Å². The van der Waals surface area contributed by atoms with Crippen LogP contribution < -0.4 is 4.74 Å². The lowest BCUT2D eigenvalue weighted by Crippen LogP contribution is -1.98. The summed E-state index contributed by atoms with van der Waals surface area (Å²) in [6.07, 6.45) is 0. The molecule has 0 N–H and O–H groups in total. The van der Waals surface area contributed by atoms with Crippen LogP contribution in [0.2, 0.25) is 0 Å². The Balaban J connectivity index is 2.46. The molecule has 1 nitrogen and oxygen atoms in total. The first-order valence-electron chi connectivity index (χ1n) is 4.94. The van der Waals surface area contributed by atoms with Crippen molar-refractivity contribution in [2.75, 3.05) is 7.11 Å². The molecule has 2 aromatic rings. The van der Waals surface area contributed by atoms with Gasteiger partial charge in [0.25, 0.3) is 0 Å². The zero-order valence-corrected chi connectivity index (χ0v) is 14.0. The van der Waals surface area contributed by atoms with E-state index in [1.54, 1.807) is 17.4 Å². The van der Waals surface area contributed by atoms with E-state index in [-0.39, 0.29) is 11.2 Å². The first-order chi connectivity index (χ1) is 8.52. The number of thiophene rings is 1. The maximum Gasteiger partial charge on any atom is 0.141 e. The predicted molar refractivity (Wildman–Crippen MR) is 80.4 cm³/mol. The average molecular weight is 415 g/mol. The number of halogens is 4. The molecule has 2 rings (SSSR count). The molecule has 0 saturated heterocycles. The second-order valence-electron chi connectivity index (χ2n) is 3.55. The first kappa shape index (κ1) is 14.3. The van der Waals surface area contributed by atoms with Crippen molar-refractivity contribution in [1.29, 1.82) is 0 Å². The zero-order chi connectivity index (χ0) is 13.3. The Bertz CT molecular complexity index is 573. The summed E-state index contributed by atoms with van der Waals surface area (Å²) in [5, 5.41) is 1.58. The largest absolute Gasteiger partial charge is 0.496 e. The van der Waals surface area contributed by atoms with Gasteiger partial charge in [0.2, 0.25) is 0 Å². The van der Waals surface area contributed by atoms with E-state index < -0.39 is 0 Å². The summed E-state index contributed by atoms with van der Waals surface area (Å²) in [5.41, 5.74) is 1.68. The van der Waals surface area contributed by atoms with Crippen molar-refractivity contribution >= 4 is 54.8 Å². The highest BCUT2D eigenvalue weighted by Crippen LogP contribution is 2.39. The fourth-order valence-corrected chi connectivity index (χ4v) is 3.49. The minimum atomic E-state index is -0.376. The van der Waals surface area contributed by atoms with Gasteiger partial charge in [0.1, 0.15) is 11.6 Å². The van der Waals surface area contributed by atoms with E-state index in [4.69, 9.17) is 16.3 Å². The topological polar surface area (TPSA) is 9.23 Å². The fraction of sp³-hybridized carbons (Fsp3) is 0.167. The molecule has 1 aromatic carbocycles. The highest BCUT2D eigenvalue weighted by molar-refractivity contribution is 9.11. The van der Waals surface area contributed by atoms with Crippen molar-refractivity contribution in [3.8, 4) is 5.75 Å². The van der Waals surface area contributed by atoms with Crippen LogP contribution in [0.15, 0.2) is 31.8 Å². The molecule has 0 saturated carbocycles. The van der Waals surface area contributed by atoms with Crippen LogP contribution in [0, 0.1) is 5.82 Å². The van der Waals surface area contributed by atoms with E-state index in [0.29, 0.717) is 10.2 Å². The van der Waals surface area contributed by atoms with Gasteiger partial charge in [-0.3, -0.25) is 0 Å². The molecular weight excluding hydrogens is 406 g/mol. The maximum atomic E-state index is 13.4. The minimum Gasteiger partial charge on any atom is -0.496 e. The Kier molecular flexibility index (Phi) is 4.69. The van der Waals surface area contributed by atoms with Gasteiger partial charge in [-0.05, 0) is 54.9 Å². The Labute approximate surface area is 130 Å². The fourth-order valence-electron chi connectivity index (χ4n) is 1.55. The van der Waals surface area contributed by atoms with Gasteiger partial charge in [0.05, 0.1) is 20.7 Å². The molecule has 0 aliphatic rings. The number of rotatable bonds is 3. The normalized spacial score (nSPS) is 12.5. The molecule has 6 heteroatoms. The molecule has 0 spiro atoms. The van der Waals surface area contributed by atoms with E-state index in [0.717, 1.165) is 14.9 Å². The summed E-state index contributed by atoms with van der Waals surface area (Å²) in [4.78, 5) is 0. The summed E-state index contributed by atoms with van der Waals surface area (Å²) in [6, 6.07) is 4.92. The van der Waals surface area contributed by atoms with Crippen molar-refractivity contribution in [3.63, 3.8) is 0 Å². The van der Waals surface area contributed by atoms with Crippen molar-refractivity contribution in [1.82, 2.24) is 0 Å². The van der Waals surface area contributed by atoms with Crippen LogP contribution in [0.1, 0.15) is 16.5 Å². The van der Waals surface area contributed by atoms with Crippen LogP contribution in [-0.2, 0) is 0 Å². The summed E-state index contributed by atoms with van der Waals surface area (Å²) < 4.78 is 20.0. The van der Waals surface area contributed by atoms with Gasteiger partial charge in [-0.2, -0.15) is 0 Å². The number of methoxy groups -OCH3 is 1. The van der Waals surface area contributed by atoms with Crippen LogP contribution in [0.4, 0.5) is 4.39 Å². The van der Waals surface area contributed by atoms with Crippen LogP contribution in [0.25, 0.3) is 0 Å². The smallest absolute Gasteiger partial charge is 0.141 e. The third-order valence-corrected chi connectivity index (χ3v) is 5.04.